The van der Waals surface area contributed by atoms with E-state index >= 15 is 0 Å². The number of pyridine rings is 1. The van der Waals surface area contributed by atoms with Crippen molar-refractivity contribution in [2.75, 3.05) is 0 Å². The number of aromatic amines is 1. The first kappa shape index (κ1) is 9.07. The first-order chi connectivity index (χ1) is 7.79. The third-order valence-corrected chi connectivity index (χ3v) is 2.78. The molecule has 3 aromatic rings. The van der Waals surface area contributed by atoms with E-state index in [0.717, 1.165) is 5.52 Å². The second kappa shape index (κ2) is 3.15. The van der Waals surface area contributed by atoms with Gasteiger partial charge in [0.15, 0.2) is 0 Å². The van der Waals surface area contributed by atoms with Gasteiger partial charge >= 0.3 is 0 Å². The number of rotatable bonds is 0. The van der Waals surface area contributed by atoms with Gasteiger partial charge in [0, 0.05) is 11.6 Å². The van der Waals surface area contributed by atoms with Crippen LogP contribution in [0.15, 0.2) is 18.3 Å². The Bertz CT molecular complexity index is 740. The monoisotopic (exact) mass is 229 g/mol. The van der Waals surface area contributed by atoms with Gasteiger partial charge in [-0.25, -0.2) is 0 Å². The Morgan fingerprint density at radius 2 is 2.19 bits per heavy atom. The maximum Gasteiger partial charge on any atom is 0.113 e. The molecular formula is C10H4ClN5. The summed E-state index contributed by atoms with van der Waals surface area (Å²) in [7, 11) is 0. The number of nitrogens with zero attached hydrogens (tertiary/aromatic N) is 4. The molecule has 0 atom stereocenters. The Morgan fingerprint density at radius 1 is 1.31 bits per heavy atom. The van der Waals surface area contributed by atoms with Gasteiger partial charge in [0.25, 0.3) is 0 Å². The number of hydrogen-bond donors (Lipinski definition) is 1. The molecule has 2 aromatic heterocycles. The minimum absolute atomic E-state index is 0.358. The summed E-state index contributed by atoms with van der Waals surface area (Å²) in [4.78, 5) is 4.16. The fraction of sp³-hybridized carbons (Fsp3) is 0. The molecule has 0 spiro atoms. The van der Waals surface area contributed by atoms with E-state index in [2.05, 4.69) is 20.4 Å². The van der Waals surface area contributed by atoms with Crippen molar-refractivity contribution in [2.24, 2.45) is 0 Å². The van der Waals surface area contributed by atoms with E-state index in [9.17, 15) is 0 Å². The van der Waals surface area contributed by atoms with Crippen LogP contribution >= 0.6 is 11.6 Å². The van der Waals surface area contributed by atoms with Crippen LogP contribution in [0.3, 0.4) is 0 Å². The van der Waals surface area contributed by atoms with Crippen LogP contribution in [0, 0.1) is 11.3 Å². The van der Waals surface area contributed by atoms with E-state index in [0.29, 0.717) is 27.0 Å². The Morgan fingerprint density at radius 3 is 3.00 bits per heavy atom. The first-order valence-corrected chi connectivity index (χ1v) is 4.86. The Balaban J connectivity index is 2.51. The lowest BCUT2D eigenvalue weighted by molar-refractivity contribution is 0.959. The van der Waals surface area contributed by atoms with Gasteiger partial charge in [-0.15, -0.1) is 5.10 Å². The molecule has 0 aliphatic heterocycles. The highest BCUT2D eigenvalue weighted by molar-refractivity contribution is 6.36. The molecule has 1 aromatic carbocycles. The predicted molar refractivity (Wildman–Crippen MR) is 58.9 cm³/mol. The van der Waals surface area contributed by atoms with E-state index in [1.54, 1.807) is 12.1 Å². The molecule has 0 bridgehead atoms. The minimum Gasteiger partial charge on any atom is -0.257 e. The van der Waals surface area contributed by atoms with Crippen LogP contribution in [0.4, 0.5) is 0 Å². The summed E-state index contributed by atoms with van der Waals surface area (Å²) in [6.07, 6.45) is 1.46. The summed E-state index contributed by atoms with van der Waals surface area (Å²) in [6, 6.07) is 5.56. The van der Waals surface area contributed by atoms with Crippen molar-refractivity contribution in [3.05, 3.63) is 28.9 Å². The summed E-state index contributed by atoms with van der Waals surface area (Å²) in [5.41, 5.74) is 2.56. The molecule has 0 fully saturated rings. The van der Waals surface area contributed by atoms with Crippen LogP contribution in [0.25, 0.3) is 21.9 Å². The predicted octanol–water partition coefficient (Wildman–Crippen LogP) is 2.03. The van der Waals surface area contributed by atoms with Gasteiger partial charge in [-0.2, -0.15) is 5.26 Å². The summed E-state index contributed by atoms with van der Waals surface area (Å²) in [5, 5.41) is 20.3. The van der Waals surface area contributed by atoms with Gasteiger partial charge in [0.2, 0.25) is 0 Å². The minimum atomic E-state index is 0.358. The molecule has 76 valence electrons. The maximum absolute atomic E-state index is 8.84. The van der Waals surface area contributed by atoms with E-state index in [1.807, 2.05) is 6.07 Å². The molecule has 1 N–H and O–H groups in total. The van der Waals surface area contributed by atoms with E-state index in [-0.39, 0.29) is 0 Å². The van der Waals surface area contributed by atoms with Crippen molar-refractivity contribution >= 4 is 33.5 Å². The van der Waals surface area contributed by atoms with Crippen LogP contribution in [0.1, 0.15) is 5.56 Å². The van der Waals surface area contributed by atoms with Gasteiger partial charge < -0.3 is 0 Å². The average molecular weight is 230 g/mol. The maximum atomic E-state index is 8.84. The smallest absolute Gasteiger partial charge is 0.113 e. The summed E-state index contributed by atoms with van der Waals surface area (Å²) in [5.74, 6) is 0. The van der Waals surface area contributed by atoms with Gasteiger partial charge in [0.05, 0.1) is 21.6 Å². The third kappa shape index (κ3) is 1.14. The highest BCUT2D eigenvalue weighted by Gasteiger charge is 2.08. The van der Waals surface area contributed by atoms with Crippen LogP contribution in [-0.2, 0) is 0 Å². The molecule has 6 heteroatoms. The fourth-order valence-corrected chi connectivity index (χ4v) is 1.82. The lowest BCUT2D eigenvalue weighted by Gasteiger charge is -2.00. The quantitative estimate of drug-likeness (QED) is 0.640. The molecule has 0 amide bonds. The molecule has 0 radical (unpaired) electrons. The number of hydrogen-bond acceptors (Lipinski definition) is 4. The molecular weight excluding hydrogens is 226 g/mol. The topological polar surface area (TPSA) is 78.2 Å². The molecule has 2 heterocycles. The largest absolute Gasteiger partial charge is 0.257 e. The van der Waals surface area contributed by atoms with Gasteiger partial charge in [-0.05, 0) is 12.1 Å². The second-order valence-electron chi connectivity index (χ2n) is 3.30. The van der Waals surface area contributed by atoms with Gasteiger partial charge in [-0.1, -0.05) is 16.8 Å². The number of aromatic nitrogens is 4. The third-order valence-electron chi connectivity index (χ3n) is 2.37. The summed E-state index contributed by atoms with van der Waals surface area (Å²) in [6.45, 7) is 0. The summed E-state index contributed by atoms with van der Waals surface area (Å²) < 4.78 is 0. The Hall–Kier alpha value is -2.19. The van der Waals surface area contributed by atoms with Crippen molar-refractivity contribution in [3.63, 3.8) is 0 Å². The van der Waals surface area contributed by atoms with Crippen molar-refractivity contribution in [2.45, 2.75) is 0 Å². The number of nitriles is 1. The molecule has 0 unspecified atom stereocenters. The SMILES string of the molecule is N#Cc1cnc2cc3[nH]nnc3cc2c1Cl. The molecule has 5 nitrogen and oxygen atoms in total. The number of H-pyrrole nitrogens is 1. The molecule has 0 aliphatic carbocycles. The first-order valence-electron chi connectivity index (χ1n) is 4.48. The molecule has 0 saturated heterocycles. The number of benzene rings is 1. The van der Waals surface area contributed by atoms with Crippen molar-refractivity contribution in [1.82, 2.24) is 20.4 Å². The molecule has 16 heavy (non-hydrogen) atoms. The van der Waals surface area contributed by atoms with Gasteiger partial charge in [0.1, 0.15) is 11.6 Å². The summed E-state index contributed by atoms with van der Waals surface area (Å²) >= 11 is 6.09. The van der Waals surface area contributed by atoms with Crippen LogP contribution in [0.2, 0.25) is 5.02 Å². The molecule has 3 rings (SSSR count). The van der Waals surface area contributed by atoms with Crippen molar-refractivity contribution in [1.29, 1.82) is 5.26 Å². The molecule has 0 saturated carbocycles. The lowest BCUT2D eigenvalue weighted by atomic mass is 10.1. The van der Waals surface area contributed by atoms with Gasteiger partial charge in [-0.3, -0.25) is 10.1 Å². The number of nitrogens with one attached hydrogen (secondary N) is 1. The average Bonchev–Trinajstić information content (AvgIpc) is 2.74. The molecule has 0 aliphatic rings. The van der Waals surface area contributed by atoms with Crippen LogP contribution in [0.5, 0.6) is 0 Å². The highest BCUT2D eigenvalue weighted by Crippen LogP contribution is 2.27. The van der Waals surface area contributed by atoms with E-state index in [1.165, 1.54) is 6.20 Å². The number of halogens is 1. The zero-order valence-corrected chi connectivity index (χ0v) is 8.65. The van der Waals surface area contributed by atoms with E-state index in [4.69, 9.17) is 16.9 Å². The normalized spacial score (nSPS) is 10.8. The van der Waals surface area contributed by atoms with Crippen molar-refractivity contribution < 1.29 is 0 Å². The zero-order valence-electron chi connectivity index (χ0n) is 7.90. The Labute approximate surface area is 94.7 Å². The standard InChI is InChI=1S/C10H4ClN5/c11-10-5(3-12)4-13-7-2-9-8(1-6(7)10)14-16-15-9/h1-2,4H,(H,14,15,16). The fourth-order valence-electron chi connectivity index (χ4n) is 1.58. The van der Waals surface area contributed by atoms with Crippen molar-refractivity contribution in [3.8, 4) is 6.07 Å². The zero-order chi connectivity index (χ0) is 11.1. The Kier molecular flexibility index (Phi) is 1.79. The lowest BCUT2D eigenvalue weighted by Crippen LogP contribution is -1.85. The number of fused-ring (bicyclic) bond motifs is 2. The van der Waals surface area contributed by atoms with E-state index < -0.39 is 0 Å². The second-order valence-corrected chi connectivity index (χ2v) is 3.67. The highest BCUT2D eigenvalue weighted by atomic mass is 35.5. The van der Waals surface area contributed by atoms with Crippen LogP contribution < -0.4 is 0 Å². The van der Waals surface area contributed by atoms with Crippen LogP contribution in [-0.4, -0.2) is 20.4 Å².